The Morgan fingerprint density at radius 1 is 0.977 bits per heavy atom. The number of piperidine rings is 1. The van der Waals surface area contributed by atoms with Gasteiger partial charge in [-0.25, -0.2) is 4.98 Å². The molecule has 0 saturated carbocycles. The minimum atomic E-state index is -0.794. The van der Waals surface area contributed by atoms with Crippen molar-refractivity contribution < 1.29 is 19.1 Å². The molecule has 1 aliphatic carbocycles. The number of anilines is 1. The van der Waals surface area contributed by atoms with E-state index in [1.54, 1.807) is 18.5 Å². The zero-order valence-corrected chi connectivity index (χ0v) is 24.9. The highest BCUT2D eigenvalue weighted by atomic mass is 16.5. The zero-order valence-electron chi connectivity index (χ0n) is 24.9. The summed E-state index contributed by atoms with van der Waals surface area (Å²) in [5.41, 5.74) is 4.25. The second-order valence-electron chi connectivity index (χ2n) is 12.5. The van der Waals surface area contributed by atoms with Crippen molar-refractivity contribution in [3.8, 4) is 0 Å². The van der Waals surface area contributed by atoms with Gasteiger partial charge in [-0.15, -0.1) is 0 Å². The maximum atomic E-state index is 13.8. The monoisotopic (exact) mass is 591 g/mol. The van der Waals surface area contributed by atoms with Crippen LogP contribution in [0.3, 0.4) is 0 Å². The van der Waals surface area contributed by atoms with E-state index >= 15 is 0 Å². The molecule has 9 heteroatoms. The molecule has 2 N–H and O–H groups in total. The SMILES string of the molecule is CC1C(c2ccccc2)CC2NC(=O)c3cc4c(cn3)C[C@]3(C4)C(=O)Nc4ncc(cc43)/C=C/COCCCCCN1C2=O. The highest BCUT2D eigenvalue weighted by Gasteiger charge is 2.51. The molecule has 4 aliphatic rings. The van der Waals surface area contributed by atoms with Crippen molar-refractivity contribution in [1.29, 1.82) is 0 Å². The Morgan fingerprint density at radius 3 is 2.68 bits per heavy atom. The molecular formula is C35H37N5O4. The maximum absolute atomic E-state index is 13.8. The van der Waals surface area contributed by atoms with Crippen LogP contribution in [0.4, 0.5) is 5.82 Å². The van der Waals surface area contributed by atoms with Crippen LogP contribution in [0.25, 0.3) is 6.08 Å². The van der Waals surface area contributed by atoms with Gasteiger partial charge in [0.15, 0.2) is 0 Å². The fourth-order valence-electron chi connectivity index (χ4n) is 7.37. The van der Waals surface area contributed by atoms with Crippen LogP contribution in [0.5, 0.6) is 0 Å². The molecular weight excluding hydrogens is 554 g/mol. The van der Waals surface area contributed by atoms with Gasteiger partial charge >= 0.3 is 0 Å². The van der Waals surface area contributed by atoms with Gasteiger partial charge in [0.05, 0.1) is 12.0 Å². The van der Waals surface area contributed by atoms with Gasteiger partial charge in [-0.3, -0.25) is 19.4 Å². The quantitative estimate of drug-likeness (QED) is 0.439. The predicted octanol–water partition coefficient (Wildman–Crippen LogP) is 4.18. The minimum absolute atomic E-state index is 0.00772. The summed E-state index contributed by atoms with van der Waals surface area (Å²) in [4.78, 5) is 51.8. The van der Waals surface area contributed by atoms with Crippen molar-refractivity contribution in [2.45, 2.75) is 68.9 Å². The Labute approximate surface area is 257 Å². The summed E-state index contributed by atoms with van der Waals surface area (Å²) >= 11 is 0. The first kappa shape index (κ1) is 28.4. The van der Waals surface area contributed by atoms with Gasteiger partial charge in [0.2, 0.25) is 11.8 Å². The number of hydrogen-bond acceptors (Lipinski definition) is 6. The number of amides is 3. The molecule has 226 valence electrons. The topological polar surface area (TPSA) is 114 Å². The lowest BCUT2D eigenvalue weighted by atomic mass is 9.79. The lowest BCUT2D eigenvalue weighted by Crippen LogP contribution is -2.58. The van der Waals surface area contributed by atoms with E-state index < -0.39 is 11.5 Å². The Balaban J connectivity index is 1.21. The first-order chi connectivity index (χ1) is 21.4. The largest absolute Gasteiger partial charge is 0.377 e. The molecule has 3 amide bonds. The normalized spacial score (nSPS) is 27.7. The van der Waals surface area contributed by atoms with Crippen molar-refractivity contribution in [2.24, 2.45) is 0 Å². The van der Waals surface area contributed by atoms with Crippen LogP contribution in [0.2, 0.25) is 0 Å². The number of ether oxygens (including phenoxy) is 1. The van der Waals surface area contributed by atoms with Crippen molar-refractivity contribution in [2.75, 3.05) is 25.1 Å². The number of fused-ring (bicyclic) bond motifs is 4. The lowest BCUT2D eigenvalue weighted by molar-refractivity contribution is -0.139. The van der Waals surface area contributed by atoms with Gasteiger partial charge in [-0.05, 0) is 79.8 Å². The molecule has 1 spiro atoms. The number of hydrogen-bond donors (Lipinski definition) is 2. The number of rotatable bonds is 1. The second-order valence-corrected chi connectivity index (χ2v) is 12.5. The molecule has 2 aromatic heterocycles. The minimum Gasteiger partial charge on any atom is -0.377 e. The standard InChI is InChI=1S/C35H37N5O4/c1-22-27(24-10-4-2-5-11-24)17-30-33(42)40(22)12-6-3-7-13-44-14-8-9-23-15-28-31(37-20-23)39-34(43)35(28)18-25-16-29(32(41)38-30)36-21-26(25)19-35/h2,4-5,8-11,15-16,20-22,27,30H,3,6-7,12-14,17-19H2,1H3,(H,38,41)(H,37,39,43)/b9-8+/t22?,27?,30?,35-/m0/s1. The summed E-state index contributed by atoms with van der Waals surface area (Å²) < 4.78 is 5.85. The Hall–Kier alpha value is -4.37. The van der Waals surface area contributed by atoms with Gasteiger partial charge < -0.3 is 20.3 Å². The number of benzene rings is 1. The highest BCUT2D eigenvalue weighted by molar-refractivity contribution is 6.06. The van der Waals surface area contributed by atoms with Crippen LogP contribution >= 0.6 is 0 Å². The van der Waals surface area contributed by atoms with Gasteiger partial charge in [-0.1, -0.05) is 42.5 Å². The van der Waals surface area contributed by atoms with Gasteiger partial charge in [0, 0.05) is 43.1 Å². The van der Waals surface area contributed by atoms with E-state index in [0.717, 1.165) is 47.1 Å². The molecule has 3 unspecified atom stereocenters. The highest BCUT2D eigenvalue weighted by Crippen LogP contribution is 2.47. The molecule has 44 heavy (non-hydrogen) atoms. The molecule has 1 aromatic carbocycles. The molecule has 0 radical (unpaired) electrons. The third-order valence-electron chi connectivity index (χ3n) is 9.78. The number of carbonyl (C=O) groups is 3. The van der Waals surface area contributed by atoms with E-state index in [-0.39, 0.29) is 35.4 Å². The molecule has 7 rings (SSSR count). The first-order valence-electron chi connectivity index (χ1n) is 15.6. The van der Waals surface area contributed by atoms with Crippen LogP contribution < -0.4 is 10.6 Å². The third-order valence-corrected chi connectivity index (χ3v) is 9.78. The molecule has 9 nitrogen and oxygen atoms in total. The summed E-state index contributed by atoms with van der Waals surface area (Å²) in [5.74, 6) is 0.156. The molecule has 3 aromatic rings. The number of carbonyl (C=O) groups excluding carboxylic acids is 3. The molecule has 3 aliphatic heterocycles. The molecule has 1 saturated heterocycles. The fraction of sp³-hybridized carbons (Fsp3) is 0.400. The van der Waals surface area contributed by atoms with Crippen LogP contribution in [0, 0.1) is 0 Å². The van der Waals surface area contributed by atoms with Crippen molar-refractivity contribution in [3.63, 3.8) is 0 Å². The predicted molar refractivity (Wildman–Crippen MR) is 166 cm³/mol. The van der Waals surface area contributed by atoms with Crippen molar-refractivity contribution in [1.82, 2.24) is 20.2 Å². The van der Waals surface area contributed by atoms with Gasteiger partial charge in [0.1, 0.15) is 17.6 Å². The van der Waals surface area contributed by atoms with E-state index in [4.69, 9.17) is 4.74 Å². The van der Waals surface area contributed by atoms with Crippen LogP contribution in [-0.4, -0.2) is 64.4 Å². The molecule has 7 bridgehead atoms. The molecule has 5 heterocycles. The number of nitrogens with zero attached hydrogens (tertiary/aromatic N) is 3. The Kier molecular flexibility index (Phi) is 7.50. The van der Waals surface area contributed by atoms with E-state index in [2.05, 4.69) is 39.7 Å². The Morgan fingerprint density at radius 2 is 1.82 bits per heavy atom. The summed E-state index contributed by atoms with van der Waals surface area (Å²) in [6.07, 6.45) is 11.6. The lowest BCUT2D eigenvalue weighted by Gasteiger charge is -2.43. The van der Waals surface area contributed by atoms with Gasteiger partial charge in [-0.2, -0.15) is 0 Å². The maximum Gasteiger partial charge on any atom is 0.270 e. The average molecular weight is 592 g/mol. The fourth-order valence-corrected chi connectivity index (χ4v) is 7.37. The van der Waals surface area contributed by atoms with E-state index in [1.165, 1.54) is 0 Å². The number of aromatic nitrogens is 2. The second kappa shape index (κ2) is 11.6. The smallest absolute Gasteiger partial charge is 0.270 e. The average Bonchev–Trinajstić information content (AvgIpc) is 3.55. The molecule has 4 atom stereocenters. The van der Waals surface area contributed by atoms with Crippen LogP contribution in [-0.2, 0) is 32.6 Å². The van der Waals surface area contributed by atoms with Gasteiger partial charge in [0.25, 0.3) is 5.91 Å². The zero-order chi connectivity index (χ0) is 30.3. The van der Waals surface area contributed by atoms with Crippen LogP contribution in [0.15, 0.2) is 60.9 Å². The van der Waals surface area contributed by atoms with Crippen molar-refractivity contribution >= 4 is 29.6 Å². The number of nitrogens with one attached hydrogen (secondary N) is 2. The van der Waals surface area contributed by atoms with Crippen molar-refractivity contribution in [3.05, 3.63) is 94.4 Å². The summed E-state index contributed by atoms with van der Waals surface area (Å²) in [6.45, 7) is 3.86. The van der Waals surface area contributed by atoms with Crippen LogP contribution in [0.1, 0.15) is 76.8 Å². The summed E-state index contributed by atoms with van der Waals surface area (Å²) in [6, 6.07) is 13.4. The van der Waals surface area contributed by atoms with E-state index in [1.807, 2.05) is 41.3 Å². The summed E-state index contributed by atoms with van der Waals surface area (Å²) in [5, 5.41) is 6.01. The summed E-state index contributed by atoms with van der Waals surface area (Å²) in [7, 11) is 0. The third kappa shape index (κ3) is 5.09. The first-order valence-corrected chi connectivity index (χ1v) is 15.6. The molecule has 1 fully saturated rings. The Bertz CT molecular complexity index is 1640. The number of pyridine rings is 2. The van der Waals surface area contributed by atoms with E-state index in [0.29, 0.717) is 44.8 Å². The van der Waals surface area contributed by atoms with E-state index in [9.17, 15) is 14.4 Å².